The molecule has 0 spiro atoms. The molecule has 0 saturated heterocycles. The van der Waals surface area contributed by atoms with Gasteiger partial charge in [-0.2, -0.15) is 34.8 Å². The molecule has 0 aromatic carbocycles. The highest BCUT2D eigenvalue weighted by Crippen LogP contribution is 2.47. The molecular formula is C12H14F6O6S. The van der Waals surface area contributed by atoms with Crippen molar-refractivity contribution in [1.82, 2.24) is 0 Å². The topological polar surface area (TPSA) is 78.9 Å². The summed E-state index contributed by atoms with van der Waals surface area (Å²) in [7, 11) is -6.30. The average Bonchev–Trinajstić information content (AvgIpc) is 2.41. The highest BCUT2D eigenvalue weighted by Gasteiger charge is 2.61. The Morgan fingerprint density at radius 2 is 1.80 bits per heavy atom. The van der Waals surface area contributed by atoms with Gasteiger partial charge in [0.2, 0.25) is 0 Å². The first-order chi connectivity index (χ1) is 11.1. The molecule has 1 heterocycles. The van der Waals surface area contributed by atoms with Crippen molar-refractivity contribution >= 4 is 16.1 Å². The van der Waals surface area contributed by atoms with Crippen LogP contribution in [0.4, 0.5) is 26.3 Å². The summed E-state index contributed by atoms with van der Waals surface area (Å²) in [6.45, 7) is 1.17. The van der Waals surface area contributed by atoms with E-state index in [-0.39, 0.29) is 6.61 Å². The van der Waals surface area contributed by atoms with E-state index in [0.29, 0.717) is 6.92 Å². The molecule has 1 aliphatic heterocycles. The van der Waals surface area contributed by atoms with Crippen LogP contribution in [0.2, 0.25) is 0 Å². The fraction of sp³-hybridized carbons (Fsp3) is 0.750. The summed E-state index contributed by atoms with van der Waals surface area (Å²) < 4.78 is 113. The molecule has 0 aromatic heterocycles. The third-order valence-corrected chi connectivity index (χ3v) is 4.57. The molecular weight excluding hydrogens is 386 g/mol. The Balaban J connectivity index is 3.49. The van der Waals surface area contributed by atoms with Crippen molar-refractivity contribution in [1.29, 1.82) is 0 Å². The van der Waals surface area contributed by atoms with Gasteiger partial charge in [0.25, 0.3) is 0 Å². The number of esters is 1. The van der Waals surface area contributed by atoms with Gasteiger partial charge in [-0.25, -0.2) is 4.79 Å². The smallest absolute Gasteiger partial charge is 0.462 e. The highest BCUT2D eigenvalue weighted by atomic mass is 32.2. The maximum absolute atomic E-state index is 13.2. The van der Waals surface area contributed by atoms with Crippen LogP contribution in [0, 0.1) is 5.92 Å². The van der Waals surface area contributed by atoms with Gasteiger partial charge in [-0.3, -0.25) is 0 Å². The van der Waals surface area contributed by atoms with Gasteiger partial charge in [0, 0.05) is 0 Å². The molecule has 6 nitrogen and oxygen atoms in total. The Kier molecular flexibility index (Phi) is 5.74. The van der Waals surface area contributed by atoms with Crippen molar-refractivity contribution in [3.63, 3.8) is 0 Å². The van der Waals surface area contributed by atoms with Gasteiger partial charge in [0.15, 0.2) is 5.60 Å². The zero-order chi connectivity index (χ0) is 19.8. The van der Waals surface area contributed by atoms with Crippen molar-refractivity contribution in [2.24, 2.45) is 5.92 Å². The number of hydrogen-bond acceptors (Lipinski definition) is 6. The Bertz CT molecular complexity index is 665. The van der Waals surface area contributed by atoms with Crippen molar-refractivity contribution < 1.29 is 53.2 Å². The van der Waals surface area contributed by atoms with Gasteiger partial charge in [0.05, 0.1) is 19.1 Å². The number of alkyl halides is 6. The molecule has 0 radical (unpaired) electrons. The zero-order valence-corrected chi connectivity index (χ0v) is 13.9. The van der Waals surface area contributed by atoms with Crippen LogP contribution in [0.1, 0.15) is 20.8 Å². The SMILES string of the molecule is CCOC(=O)C1=C(OS(=O)(=O)C(F)(F)F)[C@H](C)[C@](C)(C(F)(F)F)OC1. The molecule has 0 N–H and O–H groups in total. The minimum Gasteiger partial charge on any atom is -0.462 e. The second-order valence-corrected chi connectivity index (χ2v) is 6.70. The van der Waals surface area contributed by atoms with Crippen molar-refractivity contribution in [2.45, 2.75) is 38.1 Å². The summed E-state index contributed by atoms with van der Waals surface area (Å²) in [4.78, 5) is 11.8. The average molecular weight is 400 g/mol. The molecule has 0 aromatic rings. The maximum atomic E-state index is 13.2. The predicted molar refractivity (Wildman–Crippen MR) is 69.3 cm³/mol. The van der Waals surface area contributed by atoms with Gasteiger partial charge in [-0.15, -0.1) is 0 Å². The molecule has 2 atom stereocenters. The molecule has 146 valence electrons. The van der Waals surface area contributed by atoms with Crippen molar-refractivity contribution in [3.05, 3.63) is 11.3 Å². The highest BCUT2D eigenvalue weighted by molar-refractivity contribution is 7.87. The number of halogens is 6. The van der Waals surface area contributed by atoms with Crippen LogP contribution >= 0.6 is 0 Å². The molecule has 0 bridgehead atoms. The second kappa shape index (κ2) is 6.67. The summed E-state index contributed by atoms with van der Waals surface area (Å²) in [5, 5.41) is 0. The molecule has 0 aliphatic carbocycles. The molecule has 25 heavy (non-hydrogen) atoms. The van der Waals surface area contributed by atoms with E-state index in [4.69, 9.17) is 0 Å². The van der Waals surface area contributed by atoms with E-state index in [9.17, 15) is 39.6 Å². The quantitative estimate of drug-likeness (QED) is 0.313. The lowest BCUT2D eigenvalue weighted by molar-refractivity contribution is -0.288. The third kappa shape index (κ3) is 4.02. The first-order valence-electron chi connectivity index (χ1n) is 6.70. The first kappa shape index (κ1) is 21.5. The largest absolute Gasteiger partial charge is 0.534 e. The van der Waals surface area contributed by atoms with E-state index in [1.165, 1.54) is 6.92 Å². The Morgan fingerprint density at radius 1 is 1.28 bits per heavy atom. The first-order valence-corrected chi connectivity index (χ1v) is 8.11. The lowest BCUT2D eigenvalue weighted by Gasteiger charge is -2.41. The number of carbonyl (C=O) groups excluding carboxylic acids is 1. The molecule has 0 amide bonds. The normalized spacial score (nSPS) is 25.7. The van der Waals surface area contributed by atoms with Crippen LogP contribution in [-0.2, 0) is 28.6 Å². The molecule has 0 fully saturated rings. The standard InChI is InChI=1S/C12H14F6O6S/c1-4-22-9(19)7-5-23-10(3,11(13,14)15)6(2)8(7)24-25(20,21)12(16,17)18/h6H,4-5H2,1-3H3/t6-,10+/m0/s1. The van der Waals surface area contributed by atoms with E-state index < -0.39 is 57.2 Å². The Hall–Kier alpha value is -1.50. The maximum Gasteiger partial charge on any atom is 0.534 e. The number of carbonyl (C=O) groups is 1. The van der Waals surface area contributed by atoms with Gasteiger partial charge in [-0.1, -0.05) is 6.92 Å². The van der Waals surface area contributed by atoms with E-state index in [2.05, 4.69) is 13.7 Å². The van der Waals surface area contributed by atoms with Crippen LogP contribution < -0.4 is 0 Å². The summed E-state index contributed by atoms with van der Waals surface area (Å²) in [6, 6.07) is 0. The number of ether oxygens (including phenoxy) is 2. The summed E-state index contributed by atoms with van der Waals surface area (Å²) in [5.41, 5.74) is -9.84. The van der Waals surface area contributed by atoms with Crippen LogP contribution in [-0.4, -0.2) is 44.9 Å². The van der Waals surface area contributed by atoms with Gasteiger partial charge in [-0.05, 0) is 13.8 Å². The van der Waals surface area contributed by atoms with Crippen molar-refractivity contribution in [2.75, 3.05) is 13.2 Å². The summed E-state index contributed by atoms with van der Waals surface area (Å²) in [5.74, 6) is -4.73. The fourth-order valence-electron chi connectivity index (χ4n) is 1.92. The molecule has 0 saturated carbocycles. The summed E-state index contributed by atoms with van der Waals surface area (Å²) in [6.07, 6.45) is -5.08. The zero-order valence-electron chi connectivity index (χ0n) is 13.1. The monoisotopic (exact) mass is 400 g/mol. The van der Waals surface area contributed by atoms with E-state index in [1.807, 2.05) is 0 Å². The Morgan fingerprint density at radius 3 is 2.20 bits per heavy atom. The van der Waals surface area contributed by atoms with E-state index in [1.54, 1.807) is 0 Å². The lowest BCUT2D eigenvalue weighted by Crippen LogP contribution is -2.54. The van der Waals surface area contributed by atoms with Crippen molar-refractivity contribution in [3.8, 4) is 0 Å². The molecule has 1 aliphatic rings. The van der Waals surface area contributed by atoms with Gasteiger partial charge < -0.3 is 13.7 Å². The van der Waals surface area contributed by atoms with Crippen LogP contribution in [0.5, 0.6) is 0 Å². The fourth-order valence-corrected chi connectivity index (χ4v) is 2.50. The minimum absolute atomic E-state index is 0.257. The minimum atomic E-state index is -6.30. The van der Waals surface area contributed by atoms with Gasteiger partial charge >= 0.3 is 27.8 Å². The second-order valence-electron chi connectivity index (χ2n) is 5.16. The van der Waals surface area contributed by atoms with Crippen LogP contribution in [0.25, 0.3) is 0 Å². The van der Waals surface area contributed by atoms with E-state index >= 15 is 0 Å². The lowest BCUT2D eigenvalue weighted by atomic mass is 9.84. The predicted octanol–water partition coefficient (Wildman–Crippen LogP) is 2.66. The van der Waals surface area contributed by atoms with Crippen LogP contribution in [0.15, 0.2) is 11.3 Å². The van der Waals surface area contributed by atoms with E-state index in [0.717, 1.165) is 6.92 Å². The third-order valence-electron chi connectivity index (χ3n) is 3.60. The number of hydrogen-bond donors (Lipinski definition) is 0. The molecule has 13 heteroatoms. The molecule has 1 rings (SSSR count). The van der Waals surface area contributed by atoms with Crippen LogP contribution in [0.3, 0.4) is 0 Å². The van der Waals surface area contributed by atoms with Gasteiger partial charge in [0.1, 0.15) is 11.3 Å². The summed E-state index contributed by atoms with van der Waals surface area (Å²) >= 11 is 0. The Labute approximate surface area is 138 Å². The number of rotatable bonds is 4. The molecule has 0 unspecified atom stereocenters.